The van der Waals surface area contributed by atoms with Crippen molar-refractivity contribution >= 4 is 29.1 Å². The monoisotopic (exact) mass is 385 g/mol. The smallest absolute Gasteiger partial charge is 0.270 e. The quantitative estimate of drug-likeness (QED) is 0.876. The molecule has 0 spiro atoms. The zero-order valence-corrected chi connectivity index (χ0v) is 16.0. The summed E-state index contributed by atoms with van der Waals surface area (Å²) in [6.45, 7) is 3.34. The van der Waals surface area contributed by atoms with Gasteiger partial charge in [0.1, 0.15) is 5.69 Å². The second-order valence-corrected chi connectivity index (χ2v) is 7.59. The molecule has 2 heterocycles. The number of carbonyl (C=O) groups is 1. The van der Waals surface area contributed by atoms with Gasteiger partial charge in [0, 0.05) is 49.1 Å². The Labute approximate surface area is 164 Å². The van der Waals surface area contributed by atoms with Gasteiger partial charge in [0.2, 0.25) is 5.95 Å². The van der Waals surface area contributed by atoms with Gasteiger partial charge in [-0.1, -0.05) is 30.5 Å². The van der Waals surface area contributed by atoms with Crippen molar-refractivity contribution in [2.24, 2.45) is 0 Å². The molecule has 0 unspecified atom stereocenters. The molecule has 2 aliphatic rings. The van der Waals surface area contributed by atoms with Crippen LogP contribution < -0.4 is 15.1 Å². The summed E-state index contributed by atoms with van der Waals surface area (Å²) >= 11 is 6.10. The number of hydrogen-bond donors (Lipinski definition) is 1. The number of piperazine rings is 1. The van der Waals surface area contributed by atoms with Crippen molar-refractivity contribution in [3.05, 3.63) is 47.2 Å². The summed E-state index contributed by atoms with van der Waals surface area (Å²) in [6, 6.07) is 9.90. The van der Waals surface area contributed by atoms with Gasteiger partial charge in [-0.3, -0.25) is 4.79 Å². The molecule has 6 nitrogen and oxygen atoms in total. The Morgan fingerprint density at radius 2 is 1.81 bits per heavy atom. The summed E-state index contributed by atoms with van der Waals surface area (Å²) in [6.07, 6.45) is 6.19. The lowest BCUT2D eigenvalue weighted by atomic mass is 10.2. The van der Waals surface area contributed by atoms with Crippen molar-refractivity contribution < 1.29 is 4.79 Å². The SMILES string of the molecule is O=C(NC1CCCC1)c1ccnc(N2CCN(c3cccc(Cl)c3)CC2)n1. The third-order valence-corrected chi connectivity index (χ3v) is 5.54. The lowest BCUT2D eigenvalue weighted by Crippen LogP contribution is -2.47. The molecule has 2 fully saturated rings. The fraction of sp³-hybridized carbons (Fsp3) is 0.450. The maximum atomic E-state index is 12.5. The number of carbonyl (C=O) groups excluding carboxylic acids is 1. The van der Waals surface area contributed by atoms with E-state index in [1.54, 1.807) is 12.3 Å². The summed E-state index contributed by atoms with van der Waals surface area (Å²) in [4.78, 5) is 25.8. The lowest BCUT2D eigenvalue weighted by molar-refractivity contribution is 0.0932. The zero-order valence-electron chi connectivity index (χ0n) is 15.3. The molecule has 1 amide bonds. The molecule has 2 aromatic rings. The van der Waals surface area contributed by atoms with Crippen LogP contribution in [0.1, 0.15) is 36.2 Å². The second-order valence-electron chi connectivity index (χ2n) is 7.15. The molecule has 1 aromatic heterocycles. The van der Waals surface area contributed by atoms with Crippen LogP contribution in [-0.2, 0) is 0 Å². The molecule has 0 bridgehead atoms. The summed E-state index contributed by atoms with van der Waals surface area (Å²) in [5.74, 6) is 0.530. The molecule has 1 aliphatic heterocycles. The summed E-state index contributed by atoms with van der Waals surface area (Å²) in [5, 5.41) is 3.84. The van der Waals surface area contributed by atoms with Gasteiger partial charge in [0.05, 0.1) is 0 Å². The van der Waals surface area contributed by atoms with Gasteiger partial charge in [0.25, 0.3) is 5.91 Å². The van der Waals surface area contributed by atoms with Crippen molar-refractivity contribution in [3.8, 4) is 0 Å². The number of nitrogens with zero attached hydrogens (tertiary/aromatic N) is 4. The molecule has 27 heavy (non-hydrogen) atoms. The highest BCUT2D eigenvalue weighted by atomic mass is 35.5. The van der Waals surface area contributed by atoms with Crippen molar-refractivity contribution in [3.63, 3.8) is 0 Å². The first kappa shape index (κ1) is 18.0. The average molecular weight is 386 g/mol. The van der Waals surface area contributed by atoms with E-state index in [1.807, 2.05) is 18.2 Å². The third kappa shape index (κ3) is 4.33. The van der Waals surface area contributed by atoms with E-state index >= 15 is 0 Å². The summed E-state index contributed by atoms with van der Waals surface area (Å²) in [5.41, 5.74) is 1.58. The van der Waals surface area contributed by atoms with E-state index in [1.165, 1.54) is 12.8 Å². The van der Waals surface area contributed by atoms with E-state index in [2.05, 4.69) is 31.2 Å². The minimum absolute atomic E-state index is 0.0943. The largest absolute Gasteiger partial charge is 0.368 e. The number of halogens is 1. The van der Waals surface area contributed by atoms with Gasteiger partial charge in [-0.15, -0.1) is 0 Å². The number of anilines is 2. The van der Waals surface area contributed by atoms with Gasteiger partial charge < -0.3 is 15.1 Å². The molecule has 1 saturated carbocycles. The first-order chi connectivity index (χ1) is 13.2. The van der Waals surface area contributed by atoms with Gasteiger partial charge in [-0.2, -0.15) is 0 Å². The Hall–Kier alpha value is -2.34. The standard InChI is InChI=1S/C20H24ClN5O/c21-15-4-3-7-17(14-15)25-10-12-26(13-11-25)20-22-9-8-18(24-20)19(27)23-16-5-1-2-6-16/h3-4,7-9,14,16H,1-2,5-6,10-13H2,(H,23,27). The minimum atomic E-state index is -0.0943. The highest BCUT2D eigenvalue weighted by Gasteiger charge is 2.22. The van der Waals surface area contributed by atoms with Crippen LogP contribution in [0, 0.1) is 0 Å². The first-order valence-electron chi connectivity index (χ1n) is 9.58. The van der Waals surface area contributed by atoms with Crippen LogP contribution in [0.3, 0.4) is 0 Å². The Bertz CT molecular complexity index is 800. The van der Waals surface area contributed by atoms with Crippen LogP contribution in [-0.4, -0.2) is 48.1 Å². The van der Waals surface area contributed by atoms with Crippen LogP contribution in [0.2, 0.25) is 5.02 Å². The van der Waals surface area contributed by atoms with Gasteiger partial charge >= 0.3 is 0 Å². The average Bonchev–Trinajstić information content (AvgIpc) is 3.21. The third-order valence-electron chi connectivity index (χ3n) is 5.30. The van der Waals surface area contributed by atoms with E-state index in [0.717, 1.165) is 49.7 Å². The van der Waals surface area contributed by atoms with Crippen LogP contribution in [0.15, 0.2) is 36.5 Å². The van der Waals surface area contributed by atoms with E-state index in [-0.39, 0.29) is 11.9 Å². The van der Waals surface area contributed by atoms with Crippen LogP contribution in [0.25, 0.3) is 0 Å². The van der Waals surface area contributed by atoms with Gasteiger partial charge in [-0.25, -0.2) is 9.97 Å². The molecule has 1 saturated heterocycles. The predicted molar refractivity (Wildman–Crippen MR) is 108 cm³/mol. The molecular formula is C20H24ClN5O. The van der Waals surface area contributed by atoms with Gasteiger partial charge in [0.15, 0.2) is 0 Å². The Balaban J connectivity index is 1.39. The van der Waals surface area contributed by atoms with Crippen molar-refractivity contribution in [2.75, 3.05) is 36.0 Å². The summed E-state index contributed by atoms with van der Waals surface area (Å²) in [7, 11) is 0. The number of aromatic nitrogens is 2. The Morgan fingerprint density at radius 3 is 2.56 bits per heavy atom. The first-order valence-corrected chi connectivity index (χ1v) is 9.96. The number of benzene rings is 1. The zero-order chi connectivity index (χ0) is 18.6. The van der Waals surface area contributed by atoms with E-state index in [0.29, 0.717) is 11.6 Å². The molecule has 4 rings (SSSR count). The van der Waals surface area contributed by atoms with E-state index < -0.39 is 0 Å². The molecule has 1 aliphatic carbocycles. The number of rotatable bonds is 4. The molecule has 0 atom stereocenters. The second kappa shape index (κ2) is 8.13. The molecule has 0 radical (unpaired) electrons. The molecular weight excluding hydrogens is 362 g/mol. The fourth-order valence-electron chi connectivity index (χ4n) is 3.79. The molecule has 1 N–H and O–H groups in total. The molecule has 142 valence electrons. The van der Waals surface area contributed by atoms with Crippen molar-refractivity contribution in [1.29, 1.82) is 0 Å². The number of hydrogen-bond acceptors (Lipinski definition) is 5. The number of amides is 1. The summed E-state index contributed by atoms with van der Waals surface area (Å²) < 4.78 is 0. The van der Waals surface area contributed by atoms with Crippen molar-refractivity contribution in [1.82, 2.24) is 15.3 Å². The highest BCUT2D eigenvalue weighted by molar-refractivity contribution is 6.30. The maximum absolute atomic E-state index is 12.5. The lowest BCUT2D eigenvalue weighted by Gasteiger charge is -2.36. The molecule has 1 aromatic carbocycles. The van der Waals surface area contributed by atoms with Gasteiger partial charge in [-0.05, 0) is 37.1 Å². The topological polar surface area (TPSA) is 61.4 Å². The van der Waals surface area contributed by atoms with E-state index in [4.69, 9.17) is 11.6 Å². The minimum Gasteiger partial charge on any atom is -0.368 e. The van der Waals surface area contributed by atoms with Crippen LogP contribution in [0.5, 0.6) is 0 Å². The van der Waals surface area contributed by atoms with E-state index in [9.17, 15) is 4.79 Å². The normalized spacial score (nSPS) is 18.0. The molecule has 7 heteroatoms. The fourth-order valence-corrected chi connectivity index (χ4v) is 3.98. The maximum Gasteiger partial charge on any atom is 0.270 e. The Morgan fingerprint density at radius 1 is 1.07 bits per heavy atom. The van der Waals surface area contributed by atoms with Crippen LogP contribution in [0.4, 0.5) is 11.6 Å². The van der Waals surface area contributed by atoms with Crippen LogP contribution >= 0.6 is 11.6 Å². The van der Waals surface area contributed by atoms with Crippen molar-refractivity contribution in [2.45, 2.75) is 31.7 Å². The highest BCUT2D eigenvalue weighted by Crippen LogP contribution is 2.22. The number of nitrogens with one attached hydrogen (secondary N) is 1. The predicted octanol–water partition coefficient (Wildman–Crippen LogP) is 3.13. The Kier molecular flexibility index (Phi) is 5.43.